The van der Waals surface area contributed by atoms with E-state index in [1.165, 1.54) is 0 Å². The van der Waals surface area contributed by atoms with Crippen LogP contribution in [0.25, 0.3) is 0 Å². The van der Waals surface area contributed by atoms with E-state index in [2.05, 4.69) is 10.1 Å². The molecule has 0 bridgehead atoms. The fourth-order valence-corrected chi connectivity index (χ4v) is 2.38. The summed E-state index contributed by atoms with van der Waals surface area (Å²) in [6, 6.07) is -1.66. The molecule has 0 heterocycles. The first-order valence-electron chi connectivity index (χ1n) is 6.85. The molecule has 0 rings (SSSR count). The van der Waals surface area contributed by atoms with Gasteiger partial charge in [0.1, 0.15) is 6.04 Å². The third kappa shape index (κ3) is 16.2. The van der Waals surface area contributed by atoms with Crippen LogP contribution in [0.15, 0.2) is 0 Å². The van der Waals surface area contributed by atoms with Crippen molar-refractivity contribution in [2.24, 2.45) is 11.1 Å². The van der Waals surface area contributed by atoms with E-state index in [1.54, 1.807) is 0 Å². The summed E-state index contributed by atoms with van der Waals surface area (Å²) in [4.78, 5) is 56.5. The Bertz CT molecular complexity index is 511. The van der Waals surface area contributed by atoms with Crippen LogP contribution in [0.2, 0.25) is 0 Å². The van der Waals surface area contributed by atoms with Gasteiger partial charge in [-0.25, -0.2) is 4.79 Å². The molecular weight excluding hydrogens is 420 g/mol. The van der Waals surface area contributed by atoms with Crippen molar-refractivity contribution in [3.05, 3.63) is 0 Å². The normalized spacial score (nSPS) is 10.5. The number of carboxylic acids is 3. The van der Waals surface area contributed by atoms with Gasteiger partial charge in [-0.2, -0.15) is 0 Å². The standard InChI is InChI=1S/C13H20N2O9.4Na.4H/c1-7(16)24-12(23)11(15-3-2-14)13(4-8(17)18,5-9(19)20)6-10(21)22;;;;;;;;/h11,15H,2-6,14H2,1H3,(H,17,18)(H,19,20)(H,21,22);;;;;;;;/q;4*+1;4*-1. The molecule has 0 aliphatic heterocycles. The maximum absolute atomic E-state index is 12.1. The average Bonchev–Trinajstić information content (AvgIpc) is 2.35. The van der Waals surface area contributed by atoms with Crippen LogP contribution in [0.4, 0.5) is 0 Å². The molecule has 11 nitrogen and oxygen atoms in total. The van der Waals surface area contributed by atoms with E-state index < -0.39 is 60.6 Å². The number of carbonyl (C=O) groups is 5. The first-order chi connectivity index (χ1) is 11.0. The van der Waals surface area contributed by atoms with Gasteiger partial charge in [-0.3, -0.25) is 19.2 Å². The van der Waals surface area contributed by atoms with E-state index in [-0.39, 0.29) is 137 Å². The van der Waals surface area contributed by atoms with E-state index in [1.807, 2.05) is 0 Å². The van der Waals surface area contributed by atoms with Crippen LogP contribution in [0.3, 0.4) is 0 Å². The minimum Gasteiger partial charge on any atom is -1.00 e. The molecule has 0 amide bonds. The molecule has 144 valence electrons. The average molecular weight is 444 g/mol. The predicted molar refractivity (Wildman–Crippen MR) is 81.3 cm³/mol. The topological polar surface area (TPSA) is 193 Å². The van der Waals surface area contributed by atoms with E-state index in [0.717, 1.165) is 6.92 Å². The van der Waals surface area contributed by atoms with Gasteiger partial charge in [0.2, 0.25) is 0 Å². The van der Waals surface area contributed by atoms with E-state index in [9.17, 15) is 24.0 Å². The maximum atomic E-state index is 12.1. The fourth-order valence-electron chi connectivity index (χ4n) is 2.38. The molecule has 0 radical (unpaired) electrons. The summed E-state index contributed by atoms with van der Waals surface area (Å²) in [5.41, 5.74) is 3.24. The van der Waals surface area contributed by atoms with E-state index in [4.69, 9.17) is 21.1 Å². The Balaban J connectivity index is -0.0000000945. The molecular formula is C13H24N2Na4O9. The molecule has 0 aliphatic rings. The number of nitrogens with two attached hydrogens (primary N) is 1. The zero-order valence-corrected chi connectivity index (χ0v) is 25.0. The van der Waals surface area contributed by atoms with Crippen molar-refractivity contribution in [1.29, 1.82) is 0 Å². The number of hydrogen-bond acceptors (Lipinski definition) is 8. The minimum atomic E-state index is -2.05. The Morgan fingerprint density at radius 2 is 1.29 bits per heavy atom. The Kier molecular flexibility index (Phi) is 29.0. The van der Waals surface area contributed by atoms with Gasteiger partial charge in [0.25, 0.3) is 0 Å². The Hall–Kier alpha value is 1.47. The molecule has 0 fully saturated rings. The summed E-state index contributed by atoms with van der Waals surface area (Å²) in [7, 11) is 0. The summed E-state index contributed by atoms with van der Waals surface area (Å²) in [6.07, 6.45) is -2.83. The van der Waals surface area contributed by atoms with Crippen molar-refractivity contribution in [1.82, 2.24) is 5.32 Å². The molecule has 28 heavy (non-hydrogen) atoms. The van der Waals surface area contributed by atoms with Crippen molar-refractivity contribution in [3.8, 4) is 0 Å². The van der Waals surface area contributed by atoms with Gasteiger partial charge in [-0.1, -0.05) is 0 Å². The summed E-state index contributed by atoms with van der Waals surface area (Å²) in [5.74, 6) is -6.79. The number of carbonyl (C=O) groups excluding carboxylic acids is 2. The van der Waals surface area contributed by atoms with Crippen LogP contribution in [-0.2, 0) is 28.7 Å². The molecule has 15 heteroatoms. The second-order valence-corrected chi connectivity index (χ2v) is 5.16. The van der Waals surface area contributed by atoms with Crippen molar-refractivity contribution in [2.45, 2.75) is 32.2 Å². The van der Waals surface area contributed by atoms with Crippen LogP contribution >= 0.6 is 0 Å². The largest absolute Gasteiger partial charge is 1.00 e. The molecule has 0 saturated carbocycles. The number of carboxylic acid groups (broad SMARTS) is 3. The molecule has 0 aromatic heterocycles. The summed E-state index contributed by atoms with van der Waals surface area (Å²) in [6.45, 7) is 0.858. The van der Waals surface area contributed by atoms with E-state index >= 15 is 0 Å². The van der Waals surface area contributed by atoms with Gasteiger partial charge in [-0.15, -0.1) is 0 Å². The van der Waals surface area contributed by atoms with Crippen LogP contribution in [-0.4, -0.2) is 64.3 Å². The number of nitrogens with one attached hydrogen (secondary N) is 1. The van der Waals surface area contributed by atoms with Gasteiger partial charge >= 0.3 is 148 Å². The molecule has 6 N–H and O–H groups in total. The number of ether oxygens (including phenoxy) is 1. The van der Waals surface area contributed by atoms with Gasteiger partial charge in [0, 0.05) is 25.4 Å². The fraction of sp³-hybridized carbons (Fsp3) is 0.615. The zero-order valence-electron chi connectivity index (χ0n) is 21.0. The number of aliphatic carboxylic acids is 3. The van der Waals surface area contributed by atoms with Crippen molar-refractivity contribution in [2.75, 3.05) is 13.1 Å². The molecule has 1 unspecified atom stereocenters. The van der Waals surface area contributed by atoms with Crippen LogP contribution in [0.5, 0.6) is 0 Å². The Morgan fingerprint density at radius 1 is 0.929 bits per heavy atom. The van der Waals surface area contributed by atoms with Crippen molar-refractivity contribution >= 4 is 29.8 Å². The zero-order chi connectivity index (χ0) is 18.9. The number of esters is 2. The molecule has 0 saturated heterocycles. The van der Waals surface area contributed by atoms with Gasteiger partial charge in [-0.05, 0) is 0 Å². The summed E-state index contributed by atoms with van der Waals surface area (Å²) >= 11 is 0. The minimum absolute atomic E-state index is 0. The molecule has 0 spiro atoms. The van der Waals surface area contributed by atoms with Crippen LogP contribution in [0.1, 0.15) is 31.9 Å². The third-order valence-electron chi connectivity index (χ3n) is 3.10. The monoisotopic (exact) mass is 444 g/mol. The Morgan fingerprint density at radius 3 is 1.54 bits per heavy atom. The Labute approximate surface area is 256 Å². The SMILES string of the molecule is CC(=O)OC(=O)C(NCCN)C(CC(=O)O)(CC(=O)O)CC(=O)O.[H-].[H-].[H-].[H-].[Na+].[Na+].[Na+].[Na+]. The summed E-state index contributed by atoms with van der Waals surface area (Å²) in [5, 5.41) is 29.7. The second kappa shape index (κ2) is 20.4. The number of hydrogen-bond donors (Lipinski definition) is 5. The molecule has 0 aliphatic carbocycles. The summed E-state index contributed by atoms with van der Waals surface area (Å²) < 4.78 is 4.40. The smallest absolute Gasteiger partial charge is 1.00 e. The quantitative estimate of drug-likeness (QED) is 0.115. The van der Waals surface area contributed by atoms with Crippen molar-refractivity contribution in [3.63, 3.8) is 0 Å². The van der Waals surface area contributed by atoms with Crippen LogP contribution in [0, 0.1) is 5.41 Å². The second-order valence-electron chi connectivity index (χ2n) is 5.16. The van der Waals surface area contributed by atoms with Crippen molar-refractivity contribution < 1.29 is 168 Å². The predicted octanol–water partition coefficient (Wildman–Crippen LogP) is -13.1. The number of rotatable bonds is 11. The van der Waals surface area contributed by atoms with Crippen LogP contribution < -0.4 is 129 Å². The third-order valence-corrected chi connectivity index (χ3v) is 3.10. The molecule has 0 aromatic rings. The van der Waals surface area contributed by atoms with Gasteiger partial charge in [0.05, 0.1) is 19.3 Å². The molecule has 1 atom stereocenters. The molecule has 0 aromatic carbocycles. The first kappa shape index (κ1) is 39.9. The van der Waals surface area contributed by atoms with E-state index in [0.29, 0.717) is 0 Å². The maximum Gasteiger partial charge on any atom is 1.00 e. The van der Waals surface area contributed by atoms with Gasteiger partial charge < -0.3 is 36.8 Å². The first-order valence-corrected chi connectivity index (χ1v) is 6.85. The van der Waals surface area contributed by atoms with Gasteiger partial charge in [0.15, 0.2) is 0 Å².